The summed E-state index contributed by atoms with van der Waals surface area (Å²) in [7, 11) is 0. The van der Waals surface area contributed by atoms with Gasteiger partial charge in [-0.15, -0.1) is 0 Å². The minimum absolute atomic E-state index is 0.00444. The van der Waals surface area contributed by atoms with Crippen molar-refractivity contribution in [2.24, 2.45) is 5.41 Å². The third-order valence-electron chi connectivity index (χ3n) is 3.28. The summed E-state index contributed by atoms with van der Waals surface area (Å²) < 4.78 is 0. The molecule has 0 atom stereocenters. The highest BCUT2D eigenvalue weighted by Crippen LogP contribution is 2.27. The maximum Gasteiger partial charge on any atom is 0.251 e. The molecule has 1 amide bonds. The molecular weight excluding hydrogens is 260 g/mol. The first kappa shape index (κ1) is 17.5. The zero-order valence-electron chi connectivity index (χ0n) is 14.6. The third kappa shape index (κ3) is 5.78. The van der Waals surface area contributed by atoms with Gasteiger partial charge in [0.05, 0.1) is 0 Å². The Morgan fingerprint density at radius 3 is 2.24 bits per heavy atom. The van der Waals surface area contributed by atoms with Crippen LogP contribution >= 0.6 is 0 Å². The molecule has 0 saturated heterocycles. The second-order valence-corrected chi connectivity index (χ2v) is 7.64. The van der Waals surface area contributed by atoms with E-state index in [2.05, 4.69) is 52.2 Å². The number of anilines is 1. The number of aryl methyl sites for hydroxylation is 1. The Bertz CT molecular complexity index is 498. The van der Waals surface area contributed by atoms with Crippen LogP contribution in [0, 0.1) is 12.3 Å². The van der Waals surface area contributed by atoms with Gasteiger partial charge in [0, 0.05) is 23.3 Å². The van der Waals surface area contributed by atoms with Crippen molar-refractivity contribution in [1.29, 1.82) is 0 Å². The summed E-state index contributed by atoms with van der Waals surface area (Å²) >= 11 is 0. The Morgan fingerprint density at radius 2 is 1.76 bits per heavy atom. The van der Waals surface area contributed by atoms with Crippen LogP contribution in [0.2, 0.25) is 0 Å². The second-order valence-electron chi connectivity index (χ2n) is 7.64. The first-order valence-corrected chi connectivity index (χ1v) is 7.71. The Kier molecular flexibility index (Phi) is 5.43. The van der Waals surface area contributed by atoms with E-state index in [9.17, 15) is 4.79 Å². The molecule has 0 bridgehead atoms. The van der Waals surface area contributed by atoms with Crippen LogP contribution in [0.25, 0.3) is 0 Å². The van der Waals surface area contributed by atoms with Crippen LogP contribution in [-0.4, -0.2) is 18.0 Å². The number of carbonyl (C=O) groups excluding carboxylic acids is 1. The molecule has 2 N–H and O–H groups in total. The molecule has 0 aliphatic heterocycles. The summed E-state index contributed by atoms with van der Waals surface area (Å²) in [5.41, 5.74) is 2.76. The first-order chi connectivity index (χ1) is 9.54. The van der Waals surface area contributed by atoms with Crippen LogP contribution in [0.5, 0.6) is 0 Å². The number of rotatable bonds is 5. The fourth-order valence-electron chi connectivity index (χ4n) is 2.98. The molecule has 118 valence electrons. The summed E-state index contributed by atoms with van der Waals surface area (Å²) in [4.78, 5) is 12.5. The average molecular weight is 290 g/mol. The molecule has 3 heteroatoms. The summed E-state index contributed by atoms with van der Waals surface area (Å²) in [6.07, 6.45) is 0.931. The molecule has 0 heterocycles. The molecule has 1 aromatic carbocycles. The van der Waals surface area contributed by atoms with Gasteiger partial charge in [-0.1, -0.05) is 20.8 Å². The van der Waals surface area contributed by atoms with Crippen molar-refractivity contribution >= 4 is 11.6 Å². The van der Waals surface area contributed by atoms with Gasteiger partial charge in [0.2, 0.25) is 0 Å². The fraction of sp³-hybridized carbons (Fsp3) is 0.611. The molecule has 0 radical (unpaired) electrons. The number of amides is 1. The van der Waals surface area contributed by atoms with Gasteiger partial charge in [-0.05, 0) is 63.3 Å². The molecule has 0 aromatic heterocycles. The van der Waals surface area contributed by atoms with Crippen LogP contribution in [0.1, 0.15) is 63.9 Å². The number of benzene rings is 1. The number of carbonyl (C=O) groups is 1. The van der Waals surface area contributed by atoms with Gasteiger partial charge in [0.25, 0.3) is 5.91 Å². The molecular formula is C18H30N2O. The molecule has 0 aliphatic carbocycles. The van der Waals surface area contributed by atoms with E-state index in [0.29, 0.717) is 0 Å². The average Bonchev–Trinajstić information content (AvgIpc) is 2.24. The van der Waals surface area contributed by atoms with Crippen molar-refractivity contribution in [3.05, 3.63) is 29.3 Å². The molecule has 21 heavy (non-hydrogen) atoms. The van der Waals surface area contributed by atoms with E-state index in [1.54, 1.807) is 0 Å². The van der Waals surface area contributed by atoms with Crippen molar-refractivity contribution in [3.8, 4) is 0 Å². The molecule has 0 saturated carbocycles. The van der Waals surface area contributed by atoms with Crippen LogP contribution < -0.4 is 10.6 Å². The predicted octanol–water partition coefficient (Wildman–Crippen LogP) is 4.37. The van der Waals surface area contributed by atoms with E-state index < -0.39 is 0 Å². The lowest BCUT2D eigenvalue weighted by Crippen LogP contribution is -2.46. The minimum Gasteiger partial charge on any atom is -0.385 e. The number of hydrogen-bond donors (Lipinski definition) is 2. The van der Waals surface area contributed by atoms with Crippen molar-refractivity contribution in [2.75, 3.05) is 11.9 Å². The highest BCUT2D eigenvalue weighted by atomic mass is 16.1. The molecule has 0 aliphatic rings. The van der Waals surface area contributed by atoms with Crippen molar-refractivity contribution in [2.45, 2.75) is 60.4 Å². The fourth-order valence-corrected chi connectivity index (χ4v) is 2.98. The van der Waals surface area contributed by atoms with Gasteiger partial charge in [-0.3, -0.25) is 4.79 Å². The van der Waals surface area contributed by atoms with E-state index in [-0.39, 0.29) is 16.9 Å². The van der Waals surface area contributed by atoms with Gasteiger partial charge in [-0.25, -0.2) is 0 Å². The van der Waals surface area contributed by atoms with Crippen LogP contribution in [0.4, 0.5) is 5.69 Å². The Balaban J connectivity index is 2.84. The van der Waals surface area contributed by atoms with Gasteiger partial charge < -0.3 is 10.6 Å². The summed E-state index contributed by atoms with van der Waals surface area (Å²) in [6, 6.07) is 5.88. The quantitative estimate of drug-likeness (QED) is 0.845. The van der Waals surface area contributed by atoms with Crippen LogP contribution in [-0.2, 0) is 0 Å². The van der Waals surface area contributed by atoms with E-state index in [1.807, 2.05) is 25.1 Å². The predicted molar refractivity (Wildman–Crippen MR) is 91.0 cm³/mol. The van der Waals surface area contributed by atoms with E-state index in [1.165, 1.54) is 0 Å². The van der Waals surface area contributed by atoms with E-state index >= 15 is 0 Å². The molecule has 0 unspecified atom stereocenters. The van der Waals surface area contributed by atoms with Crippen molar-refractivity contribution < 1.29 is 4.79 Å². The molecule has 0 fully saturated rings. The smallest absolute Gasteiger partial charge is 0.251 e. The minimum atomic E-state index is -0.220. The summed E-state index contributed by atoms with van der Waals surface area (Å²) in [5, 5.41) is 6.42. The largest absolute Gasteiger partial charge is 0.385 e. The van der Waals surface area contributed by atoms with Crippen LogP contribution in [0.15, 0.2) is 18.2 Å². The molecule has 1 aromatic rings. The third-order valence-corrected chi connectivity index (χ3v) is 3.28. The first-order valence-electron chi connectivity index (χ1n) is 7.71. The normalized spacial score (nSPS) is 12.1. The maximum atomic E-state index is 12.5. The van der Waals surface area contributed by atoms with Crippen molar-refractivity contribution in [1.82, 2.24) is 5.32 Å². The summed E-state index contributed by atoms with van der Waals surface area (Å²) in [6.45, 7) is 15.7. The second kappa shape index (κ2) is 6.50. The highest BCUT2D eigenvalue weighted by Gasteiger charge is 2.27. The molecule has 3 nitrogen and oxygen atoms in total. The Labute approximate surface area is 129 Å². The lowest BCUT2D eigenvalue weighted by molar-refractivity contribution is 0.0891. The van der Waals surface area contributed by atoms with Gasteiger partial charge in [-0.2, -0.15) is 0 Å². The van der Waals surface area contributed by atoms with Gasteiger partial charge >= 0.3 is 0 Å². The highest BCUT2D eigenvalue weighted by molar-refractivity contribution is 5.96. The summed E-state index contributed by atoms with van der Waals surface area (Å²) in [5.74, 6) is 0.00444. The van der Waals surface area contributed by atoms with Gasteiger partial charge in [0.1, 0.15) is 0 Å². The lowest BCUT2D eigenvalue weighted by atomic mass is 9.81. The lowest BCUT2D eigenvalue weighted by Gasteiger charge is -2.33. The van der Waals surface area contributed by atoms with Crippen molar-refractivity contribution in [3.63, 3.8) is 0 Å². The zero-order chi connectivity index (χ0) is 16.3. The monoisotopic (exact) mass is 290 g/mol. The number of nitrogens with one attached hydrogen (secondary N) is 2. The number of hydrogen-bond acceptors (Lipinski definition) is 2. The van der Waals surface area contributed by atoms with E-state index in [0.717, 1.165) is 29.8 Å². The Hall–Kier alpha value is -1.51. The standard InChI is InChI=1S/C18H30N2O/c1-8-19-14-9-10-15(13(2)11-14)16(21)20-18(6,7)12-17(3,4)5/h9-11,19H,8,12H2,1-7H3,(H,20,21). The SMILES string of the molecule is CCNc1ccc(C(=O)NC(C)(C)CC(C)(C)C)c(C)c1. The zero-order valence-corrected chi connectivity index (χ0v) is 14.6. The molecule has 0 spiro atoms. The molecule has 1 rings (SSSR count). The topological polar surface area (TPSA) is 41.1 Å². The maximum absolute atomic E-state index is 12.5. The van der Waals surface area contributed by atoms with Crippen LogP contribution in [0.3, 0.4) is 0 Å². The van der Waals surface area contributed by atoms with Gasteiger partial charge in [0.15, 0.2) is 0 Å². The Morgan fingerprint density at radius 1 is 1.14 bits per heavy atom. The van der Waals surface area contributed by atoms with E-state index in [4.69, 9.17) is 0 Å².